The minimum absolute atomic E-state index is 0.126. The molecule has 128 valence electrons. The fourth-order valence-corrected chi connectivity index (χ4v) is 2.84. The van der Waals surface area contributed by atoms with Gasteiger partial charge in [-0.1, -0.05) is 19.8 Å². The van der Waals surface area contributed by atoms with Gasteiger partial charge >= 0.3 is 5.97 Å². The number of hydrogen-bond acceptors (Lipinski definition) is 5. The van der Waals surface area contributed by atoms with Crippen molar-refractivity contribution in [2.24, 2.45) is 0 Å². The van der Waals surface area contributed by atoms with E-state index in [1.807, 2.05) is 6.92 Å². The van der Waals surface area contributed by atoms with Gasteiger partial charge < -0.3 is 20.2 Å². The topological polar surface area (TPSA) is 109 Å². The fraction of sp³-hybridized carbons (Fsp3) is 0.312. The molecule has 0 aliphatic rings. The van der Waals surface area contributed by atoms with Gasteiger partial charge in [-0.3, -0.25) is 9.59 Å². The van der Waals surface area contributed by atoms with Crippen molar-refractivity contribution < 1.29 is 23.9 Å². The first-order valence-electron chi connectivity index (χ1n) is 7.49. The average Bonchev–Trinajstić information content (AvgIpc) is 3.22. The van der Waals surface area contributed by atoms with Crippen molar-refractivity contribution in [2.75, 3.05) is 5.32 Å². The van der Waals surface area contributed by atoms with Gasteiger partial charge in [0.1, 0.15) is 11.0 Å². The number of aliphatic carboxylic acids is 1. The van der Waals surface area contributed by atoms with Gasteiger partial charge in [-0.25, -0.2) is 4.79 Å². The van der Waals surface area contributed by atoms with E-state index < -0.39 is 23.8 Å². The van der Waals surface area contributed by atoms with Gasteiger partial charge in [0.15, 0.2) is 5.76 Å². The van der Waals surface area contributed by atoms with Crippen LogP contribution in [0, 0.1) is 0 Å². The van der Waals surface area contributed by atoms with E-state index in [1.54, 1.807) is 11.4 Å². The zero-order valence-electron chi connectivity index (χ0n) is 13.1. The van der Waals surface area contributed by atoms with Gasteiger partial charge in [0, 0.05) is 0 Å². The first kappa shape index (κ1) is 17.7. The minimum Gasteiger partial charge on any atom is -0.480 e. The van der Waals surface area contributed by atoms with Crippen molar-refractivity contribution in [2.45, 2.75) is 32.2 Å². The molecule has 0 saturated heterocycles. The highest BCUT2D eigenvalue weighted by Crippen LogP contribution is 2.24. The summed E-state index contributed by atoms with van der Waals surface area (Å²) < 4.78 is 5.00. The first-order valence-corrected chi connectivity index (χ1v) is 8.37. The van der Waals surface area contributed by atoms with Crippen molar-refractivity contribution in [3.8, 4) is 0 Å². The molecule has 2 heterocycles. The van der Waals surface area contributed by atoms with Gasteiger partial charge in [0.2, 0.25) is 0 Å². The lowest BCUT2D eigenvalue weighted by Gasteiger charge is -2.14. The first-order chi connectivity index (χ1) is 11.5. The number of furan rings is 1. The van der Waals surface area contributed by atoms with Gasteiger partial charge in [0.25, 0.3) is 11.8 Å². The molecule has 1 atom stereocenters. The second kappa shape index (κ2) is 8.30. The molecule has 2 rings (SSSR count). The number of amides is 2. The quantitative estimate of drug-likeness (QED) is 0.678. The molecule has 0 spiro atoms. The van der Waals surface area contributed by atoms with Crippen LogP contribution in [0.3, 0.4) is 0 Å². The molecule has 0 fully saturated rings. The van der Waals surface area contributed by atoms with Gasteiger partial charge in [-0.2, -0.15) is 0 Å². The summed E-state index contributed by atoms with van der Waals surface area (Å²) in [6, 6.07) is 3.68. The summed E-state index contributed by atoms with van der Waals surface area (Å²) in [4.78, 5) is 35.6. The Morgan fingerprint density at radius 1 is 1.29 bits per heavy atom. The zero-order chi connectivity index (χ0) is 17.5. The van der Waals surface area contributed by atoms with E-state index in [1.165, 1.54) is 29.7 Å². The summed E-state index contributed by atoms with van der Waals surface area (Å²) in [5.74, 6) is -1.96. The smallest absolute Gasteiger partial charge is 0.326 e. The largest absolute Gasteiger partial charge is 0.480 e. The third-order valence-corrected chi connectivity index (χ3v) is 4.16. The Balaban J connectivity index is 2.06. The molecule has 7 nitrogen and oxygen atoms in total. The van der Waals surface area contributed by atoms with Crippen LogP contribution in [-0.4, -0.2) is 28.9 Å². The summed E-state index contributed by atoms with van der Waals surface area (Å²) in [6.07, 6.45) is 3.27. The number of carboxylic acids is 1. The van der Waals surface area contributed by atoms with Gasteiger partial charge in [-0.05, 0) is 30.0 Å². The van der Waals surface area contributed by atoms with Crippen molar-refractivity contribution >= 4 is 34.1 Å². The van der Waals surface area contributed by atoms with E-state index in [-0.39, 0.29) is 11.3 Å². The highest BCUT2D eigenvalue weighted by atomic mass is 32.1. The zero-order valence-corrected chi connectivity index (χ0v) is 13.9. The molecule has 0 aromatic carbocycles. The van der Waals surface area contributed by atoms with Crippen LogP contribution >= 0.6 is 11.3 Å². The molecule has 0 aliphatic heterocycles. The maximum absolute atomic E-state index is 12.3. The molecule has 2 aromatic heterocycles. The van der Waals surface area contributed by atoms with Crippen LogP contribution in [0.15, 0.2) is 34.3 Å². The van der Waals surface area contributed by atoms with Crippen molar-refractivity contribution in [1.29, 1.82) is 0 Å². The van der Waals surface area contributed by atoms with Crippen LogP contribution in [0.25, 0.3) is 0 Å². The molecule has 2 aromatic rings. The van der Waals surface area contributed by atoms with Crippen LogP contribution in [0.4, 0.5) is 5.00 Å². The summed E-state index contributed by atoms with van der Waals surface area (Å²) in [5, 5.41) is 16.3. The molecule has 2 amide bonds. The third-order valence-electron chi connectivity index (χ3n) is 3.33. The molecule has 3 N–H and O–H groups in total. The number of nitrogens with one attached hydrogen (secondary N) is 2. The fourth-order valence-electron chi connectivity index (χ4n) is 2.06. The predicted octanol–water partition coefficient (Wildman–Crippen LogP) is 2.97. The minimum atomic E-state index is -1.08. The van der Waals surface area contributed by atoms with E-state index in [4.69, 9.17) is 4.42 Å². The van der Waals surface area contributed by atoms with E-state index in [0.717, 1.165) is 6.42 Å². The molecular weight excluding hydrogens is 332 g/mol. The van der Waals surface area contributed by atoms with E-state index >= 15 is 0 Å². The molecule has 0 saturated carbocycles. The second-order valence-corrected chi connectivity index (χ2v) is 6.02. The van der Waals surface area contributed by atoms with Gasteiger partial charge in [-0.15, -0.1) is 11.3 Å². The molecule has 0 unspecified atom stereocenters. The molecule has 24 heavy (non-hydrogen) atoms. The van der Waals surface area contributed by atoms with Crippen LogP contribution in [0.5, 0.6) is 0 Å². The van der Waals surface area contributed by atoms with Crippen LogP contribution in [0.2, 0.25) is 0 Å². The summed E-state index contributed by atoms with van der Waals surface area (Å²) >= 11 is 1.17. The van der Waals surface area contributed by atoms with E-state index in [0.29, 0.717) is 17.8 Å². The number of rotatable bonds is 8. The predicted molar refractivity (Wildman–Crippen MR) is 89.4 cm³/mol. The van der Waals surface area contributed by atoms with Crippen molar-refractivity contribution in [1.82, 2.24) is 5.32 Å². The average molecular weight is 350 g/mol. The second-order valence-electron chi connectivity index (χ2n) is 5.10. The number of thiophene rings is 1. The van der Waals surface area contributed by atoms with Crippen LogP contribution < -0.4 is 10.6 Å². The lowest BCUT2D eigenvalue weighted by Crippen LogP contribution is -2.40. The summed E-state index contributed by atoms with van der Waals surface area (Å²) in [7, 11) is 0. The number of unbranched alkanes of at least 4 members (excludes halogenated alkanes) is 1. The number of carbonyl (C=O) groups is 3. The Bertz CT molecular complexity index is 708. The standard InChI is InChI=1S/C16H18N2O5S/c1-2-3-5-11(16(21)22)17-13(19)10-7-9-24-15(10)18-14(20)12-6-4-8-23-12/h4,6-9,11H,2-3,5H2,1H3,(H,17,19)(H,18,20)(H,21,22)/t11-/m0/s1. The van der Waals surface area contributed by atoms with E-state index in [9.17, 15) is 19.5 Å². The maximum Gasteiger partial charge on any atom is 0.326 e. The van der Waals surface area contributed by atoms with Gasteiger partial charge in [0.05, 0.1) is 11.8 Å². The highest BCUT2D eigenvalue weighted by molar-refractivity contribution is 7.14. The normalized spacial score (nSPS) is 11.7. The highest BCUT2D eigenvalue weighted by Gasteiger charge is 2.23. The van der Waals surface area contributed by atoms with Crippen molar-refractivity contribution in [3.05, 3.63) is 41.2 Å². The lowest BCUT2D eigenvalue weighted by molar-refractivity contribution is -0.139. The monoisotopic (exact) mass is 350 g/mol. The molecular formula is C16H18N2O5S. The Morgan fingerprint density at radius 2 is 2.08 bits per heavy atom. The lowest BCUT2D eigenvalue weighted by atomic mass is 10.1. The van der Waals surface area contributed by atoms with Crippen LogP contribution in [-0.2, 0) is 4.79 Å². The third kappa shape index (κ3) is 4.45. The SMILES string of the molecule is CCCC[C@H](NC(=O)c1ccsc1NC(=O)c1ccco1)C(=O)O. The van der Waals surface area contributed by atoms with E-state index in [2.05, 4.69) is 10.6 Å². The van der Waals surface area contributed by atoms with Crippen molar-refractivity contribution in [3.63, 3.8) is 0 Å². The Hall–Kier alpha value is -2.61. The maximum atomic E-state index is 12.3. The molecule has 0 radical (unpaired) electrons. The Labute approximate surface area is 142 Å². The summed E-state index contributed by atoms with van der Waals surface area (Å²) in [5.41, 5.74) is 0.225. The molecule has 0 bridgehead atoms. The summed E-state index contributed by atoms with van der Waals surface area (Å²) in [6.45, 7) is 1.95. The van der Waals surface area contributed by atoms with Crippen LogP contribution in [0.1, 0.15) is 47.1 Å². The number of anilines is 1. The number of carboxylic acid groups (broad SMARTS) is 1. The number of hydrogen-bond donors (Lipinski definition) is 3. The molecule has 0 aliphatic carbocycles. The Kier molecular flexibility index (Phi) is 6.14. The number of carbonyl (C=O) groups excluding carboxylic acids is 2. The molecule has 8 heteroatoms. The Morgan fingerprint density at radius 3 is 2.71 bits per heavy atom.